The lowest BCUT2D eigenvalue weighted by atomic mass is 9.99. The number of ether oxygens (including phenoxy) is 1. The van der Waals surface area contributed by atoms with Gasteiger partial charge in [-0.15, -0.1) is 0 Å². The van der Waals surface area contributed by atoms with Crippen LogP contribution in [-0.2, 0) is 17.6 Å². The number of benzene rings is 1. The maximum atomic E-state index is 12.3. The topological polar surface area (TPSA) is 29.5 Å². The smallest absolute Gasteiger partial charge is 0.227 e. The second-order valence-electron chi connectivity index (χ2n) is 5.25. The molecule has 0 aliphatic carbocycles. The van der Waals surface area contributed by atoms with Crippen LogP contribution in [0.5, 0.6) is 5.75 Å². The van der Waals surface area contributed by atoms with Crippen LogP contribution in [0.2, 0.25) is 0 Å². The Hall–Kier alpha value is -1.51. The predicted octanol–water partition coefficient (Wildman–Crippen LogP) is 2.73. The average molecular weight is 261 g/mol. The fourth-order valence-electron chi connectivity index (χ4n) is 2.65. The zero-order valence-electron chi connectivity index (χ0n) is 12.2. The number of aryl methyl sites for hydroxylation is 1. The van der Waals surface area contributed by atoms with Crippen molar-refractivity contribution >= 4 is 5.91 Å². The normalized spacial score (nSPS) is 15.1. The molecule has 0 saturated carbocycles. The molecule has 0 fully saturated rings. The van der Waals surface area contributed by atoms with Crippen molar-refractivity contribution in [1.82, 2.24) is 4.90 Å². The molecule has 0 unspecified atom stereocenters. The third-order valence-corrected chi connectivity index (χ3v) is 3.84. The summed E-state index contributed by atoms with van der Waals surface area (Å²) in [5, 5.41) is 0. The second-order valence-corrected chi connectivity index (χ2v) is 5.25. The van der Waals surface area contributed by atoms with Gasteiger partial charge in [-0.25, -0.2) is 0 Å². The minimum absolute atomic E-state index is 0.248. The third-order valence-electron chi connectivity index (χ3n) is 3.84. The molecule has 0 saturated heterocycles. The van der Waals surface area contributed by atoms with Gasteiger partial charge in [-0.1, -0.05) is 19.4 Å². The standard InChI is InChI=1S/C16H23NO2/c1-4-5-7-17-8-6-13-9-12(2)15(19-3)10-14(13)11-16(17)18/h9-10H,4-8,11H2,1-3H3. The van der Waals surface area contributed by atoms with Crippen molar-refractivity contribution in [2.24, 2.45) is 0 Å². The number of hydrogen-bond donors (Lipinski definition) is 0. The summed E-state index contributed by atoms with van der Waals surface area (Å²) in [6.07, 6.45) is 3.68. The Morgan fingerprint density at radius 3 is 2.79 bits per heavy atom. The van der Waals surface area contributed by atoms with Crippen LogP contribution < -0.4 is 4.74 Å². The van der Waals surface area contributed by atoms with E-state index in [1.165, 1.54) is 5.56 Å². The third kappa shape index (κ3) is 3.09. The zero-order valence-corrected chi connectivity index (χ0v) is 12.2. The molecule has 0 spiro atoms. The minimum atomic E-state index is 0.248. The van der Waals surface area contributed by atoms with Crippen molar-refractivity contribution in [3.63, 3.8) is 0 Å². The lowest BCUT2D eigenvalue weighted by molar-refractivity contribution is -0.130. The highest BCUT2D eigenvalue weighted by Crippen LogP contribution is 2.26. The van der Waals surface area contributed by atoms with Gasteiger partial charge in [0.1, 0.15) is 5.75 Å². The summed E-state index contributed by atoms with van der Waals surface area (Å²) in [5.41, 5.74) is 3.58. The van der Waals surface area contributed by atoms with E-state index < -0.39 is 0 Å². The van der Waals surface area contributed by atoms with Crippen LogP contribution in [0.3, 0.4) is 0 Å². The molecule has 0 aromatic heterocycles. The Kier molecular flexibility index (Phi) is 4.46. The van der Waals surface area contributed by atoms with Crippen LogP contribution in [0, 0.1) is 6.92 Å². The van der Waals surface area contributed by atoms with Crippen molar-refractivity contribution in [2.75, 3.05) is 20.2 Å². The second kappa shape index (κ2) is 6.09. The number of rotatable bonds is 4. The number of unbranched alkanes of at least 4 members (excludes halogenated alkanes) is 1. The summed E-state index contributed by atoms with van der Waals surface area (Å²) in [6.45, 7) is 5.95. The van der Waals surface area contributed by atoms with Crippen LogP contribution >= 0.6 is 0 Å². The maximum absolute atomic E-state index is 12.3. The van der Waals surface area contributed by atoms with E-state index in [0.717, 1.165) is 49.2 Å². The number of nitrogens with zero attached hydrogens (tertiary/aromatic N) is 1. The molecule has 3 nitrogen and oxygen atoms in total. The van der Waals surface area contributed by atoms with Gasteiger partial charge < -0.3 is 9.64 Å². The van der Waals surface area contributed by atoms with E-state index in [9.17, 15) is 4.79 Å². The van der Waals surface area contributed by atoms with Gasteiger partial charge in [0.25, 0.3) is 0 Å². The molecule has 1 amide bonds. The number of carbonyl (C=O) groups is 1. The van der Waals surface area contributed by atoms with Crippen molar-refractivity contribution < 1.29 is 9.53 Å². The predicted molar refractivity (Wildman–Crippen MR) is 76.6 cm³/mol. The zero-order chi connectivity index (χ0) is 13.8. The monoisotopic (exact) mass is 261 g/mol. The largest absolute Gasteiger partial charge is 0.496 e. The van der Waals surface area contributed by atoms with Gasteiger partial charge in [0.15, 0.2) is 0 Å². The Balaban J connectivity index is 2.21. The molecule has 1 aromatic carbocycles. The Bertz CT molecular complexity index is 468. The van der Waals surface area contributed by atoms with Crippen molar-refractivity contribution in [1.29, 1.82) is 0 Å². The summed E-state index contributed by atoms with van der Waals surface area (Å²) >= 11 is 0. The fourth-order valence-corrected chi connectivity index (χ4v) is 2.65. The molecule has 1 aliphatic rings. The molecule has 1 aromatic rings. The SMILES string of the molecule is CCCCN1CCc2cc(C)c(OC)cc2CC1=O. The van der Waals surface area contributed by atoms with Gasteiger partial charge in [-0.05, 0) is 42.5 Å². The van der Waals surface area contributed by atoms with E-state index in [0.29, 0.717) is 6.42 Å². The van der Waals surface area contributed by atoms with E-state index in [4.69, 9.17) is 4.74 Å². The molecular formula is C16H23NO2. The Morgan fingerprint density at radius 2 is 2.11 bits per heavy atom. The van der Waals surface area contributed by atoms with E-state index in [1.807, 2.05) is 11.0 Å². The van der Waals surface area contributed by atoms with E-state index in [1.54, 1.807) is 7.11 Å². The molecule has 0 atom stereocenters. The lowest BCUT2D eigenvalue weighted by Gasteiger charge is -2.19. The van der Waals surface area contributed by atoms with Crippen LogP contribution in [-0.4, -0.2) is 31.0 Å². The average Bonchev–Trinajstić information content (AvgIpc) is 2.54. The minimum Gasteiger partial charge on any atom is -0.496 e. The van der Waals surface area contributed by atoms with Crippen molar-refractivity contribution in [2.45, 2.75) is 39.5 Å². The summed E-state index contributed by atoms with van der Waals surface area (Å²) in [7, 11) is 1.68. The molecule has 104 valence electrons. The Labute approximate surface area is 115 Å². The maximum Gasteiger partial charge on any atom is 0.227 e. The van der Waals surface area contributed by atoms with Gasteiger partial charge in [-0.2, -0.15) is 0 Å². The first-order valence-electron chi connectivity index (χ1n) is 7.10. The van der Waals surface area contributed by atoms with Gasteiger partial charge in [0.05, 0.1) is 13.5 Å². The summed E-state index contributed by atoms with van der Waals surface area (Å²) < 4.78 is 5.35. The number of hydrogen-bond acceptors (Lipinski definition) is 2. The van der Waals surface area contributed by atoms with Gasteiger partial charge in [-0.3, -0.25) is 4.79 Å². The molecule has 2 rings (SSSR count). The first-order valence-corrected chi connectivity index (χ1v) is 7.10. The lowest BCUT2D eigenvalue weighted by Crippen LogP contribution is -2.33. The van der Waals surface area contributed by atoms with Crippen LogP contribution in [0.15, 0.2) is 12.1 Å². The number of methoxy groups -OCH3 is 1. The Morgan fingerprint density at radius 1 is 1.32 bits per heavy atom. The van der Waals surface area contributed by atoms with E-state index >= 15 is 0 Å². The molecule has 19 heavy (non-hydrogen) atoms. The van der Waals surface area contributed by atoms with Crippen LogP contribution in [0.25, 0.3) is 0 Å². The summed E-state index contributed by atoms with van der Waals surface area (Å²) in [4.78, 5) is 14.3. The highest BCUT2D eigenvalue weighted by atomic mass is 16.5. The molecule has 3 heteroatoms. The fraction of sp³-hybridized carbons (Fsp3) is 0.562. The van der Waals surface area contributed by atoms with Gasteiger partial charge in [0.2, 0.25) is 5.91 Å². The number of amides is 1. The van der Waals surface area contributed by atoms with Crippen LogP contribution in [0.1, 0.15) is 36.5 Å². The molecule has 0 bridgehead atoms. The highest BCUT2D eigenvalue weighted by Gasteiger charge is 2.21. The van der Waals surface area contributed by atoms with Gasteiger partial charge >= 0.3 is 0 Å². The molecule has 1 heterocycles. The molecule has 0 N–H and O–H groups in total. The molecular weight excluding hydrogens is 238 g/mol. The first-order chi connectivity index (χ1) is 9.15. The highest BCUT2D eigenvalue weighted by molar-refractivity contribution is 5.80. The quantitative estimate of drug-likeness (QED) is 0.834. The van der Waals surface area contributed by atoms with Crippen LogP contribution in [0.4, 0.5) is 0 Å². The number of carbonyl (C=O) groups excluding carboxylic acids is 1. The van der Waals surface area contributed by atoms with Gasteiger partial charge in [0, 0.05) is 13.1 Å². The van der Waals surface area contributed by atoms with E-state index in [2.05, 4.69) is 19.9 Å². The summed E-state index contributed by atoms with van der Waals surface area (Å²) in [5.74, 6) is 1.13. The molecule has 1 aliphatic heterocycles. The summed E-state index contributed by atoms with van der Waals surface area (Å²) in [6, 6.07) is 4.21. The number of fused-ring (bicyclic) bond motifs is 1. The van der Waals surface area contributed by atoms with Crippen molar-refractivity contribution in [3.05, 3.63) is 28.8 Å². The van der Waals surface area contributed by atoms with Crippen molar-refractivity contribution in [3.8, 4) is 5.75 Å². The first kappa shape index (κ1) is 13.9. The molecule has 0 radical (unpaired) electrons. The van der Waals surface area contributed by atoms with E-state index in [-0.39, 0.29) is 5.91 Å².